The van der Waals surface area contributed by atoms with Gasteiger partial charge in [0.05, 0.1) is 47.8 Å². The lowest BCUT2D eigenvalue weighted by molar-refractivity contribution is -0.329. The van der Waals surface area contributed by atoms with Crippen molar-refractivity contribution in [1.29, 1.82) is 0 Å². The molecular weight excluding hydrogens is 608 g/mol. The van der Waals surface area contributed by atoms with Crippen molar-refractivity contribution in [3.63, 3.8) is 0 Å². The zero-order valence-electron chi connectivity index (χ0n) is 29.8. The number of fused-ring (bicyclic) bond motifs is 3. The van der Waals surface area contributed by atoms with Gasteiger partial charge in [-0.1, -0.05) is 27.7 Å². The van der Waals surface area contributed by atoms with Crippen LogP contribution in [0.1, 0.15) is 113 Å². The number of aliphatic hydroxyl groups is 8. The Morgan fingerprint density at radius 3 is 2.09 bits per heavy atom. The van der Waals surface area contributed by atoms with Gasteiger partial charge < -0.3 is 55.1 Å². The summed E-state index contributed by atoms with van der Waals surface area (Å²) in [4.78, 5) is 0. The van der Waals surface area contributed by atoms with Crippen LogP contribution in [0.25, 0.3) is 0 Å². The first-order chi connectivity index (χ1) is 21.5. The lowest BCUT2D eigenvalue weighted by Gasteiger charge is -2.64. The third-order valence-electron chi connectivity index (χ3n) is 14.2. The summed E-state index contributed by atoms with van der Waals surface area (Å²) in [7, 11) is 0. The van der Waals surface area contributed by atoms with Gasteiger partial charge in [0.1, 0.15) is 24.4 Å². The van der Waals surface area contributed by atoms with Gasteiger partial charge in [-0.05, 0) is 114 Å². The highest BCUT2D eigenvalue weighted by Gasteiger charge is 2.69. The van der Waals surface area contributed by atoms with Crippen molar-refractivity contribution in [1.82, 2.24) is 0 Å². The monoisotopic (exact) mass is 672 g/mol. The van der Waals surface area contributed by atoms with Crippen molar-refractivity contribution < 1.29 is 55.1 Å². The molecule has 0 radical (unpaired) electrons. The third kappa shape index (κ3) is 6.36. The van der Waals surface area contributed by atoms with Gasteiger partial charge in [0.25, 0.3) is 0 Å². The first kappa shape index (κ1) is 37.8. The molecule has 5 fully saturated rings. The Morgan fingerprint density at radius 1 is 0.830 bits per heavy atom. The molecule has 16 atom stereocenters. The van der Waals surface area contributed by atoms with Crippen LogP contribution in [0.2, 0.25) is 0 Å². The molecule has 5 aliphatic rings. The van der Waals surface area contributed by atoms with Crippen molar-refractivity contribution in [3.8, 4) is 0 Å². The normalized spacial score (nSPS) is 50.4. The van der Waals surface area contributed by atoms with Crippen LogP contribution in [0.3, 0.4) is 0 Å². The quantitative estimate of drug-likeness (QED) is 0.167. The Kier molecular flexibility index (Phi) is 10.2. The van der Waals surface area contributed by atoms with Gasteiger partial charge >= 0.3 is 0 Å². The third-order valence-corrected chi connectivity index (χ3v) is 14.2. The van der Waals surface area contributed by atoms with E-state index in [4.69, 9.17) is 14.2 Å². The minimum atomic E-state index is -1.49. The van der Waals surface area contributed by atoms with Gasteiger partial charge in [-0.25, -0.2) is 0 Å². The van der Waals surface area contributed by atoms with Gasteiger partial charge in [-0.15, -0.1) is 0 Å². The predicted octanol–water partition coefficient (Wildman–Crippen LogP) is 2.01. The molecule has 0 aromatic carbocycles. The van der Waals surface area contributed by atoms with Gasteiger partial charge in [0, 0.05) is 5.92 Å². The van der Waals surface area contributed by atoms with Gasteiger partial charge in [0.2, 0.25) is 0 Å². The van der Waals surface area contributed by atoms with Gasteiger partial charge in [-0.2, -0.15) is 0 Å². The van der Waals surface area contributed by atoms with Gasteiger partial charge in [-0.3, -0.25) is 0 Å². The van der Waals surface area contributed by atoms with Crippen molar-refractivity contribution >= 4 is 0 Å². The molecule has 11 heteroatoms. The second-order valence-corrected chi connectivity index (χ2v) is 18.1. The summed E-state index contributed by atoms with van der Waals surface area (Å²) in [5, 5.41) is 84.8. The van der Waals surface area contributed by atoms with Crippen LogP contribution < -0.4 is 0 Å². The molecule has 2 heterocycles. The highest BCUT2D eigenvalue weighted by atomic mass is 16.7. The molecule has 11 nitrogen and oxygen atoms in total. The van der Waals surface area contributed by atoms with Crippen molar-refractivity contribution in [2.24, 2.45) is 34.0 Å². The molecule has 3 aliphatic carbocycles. The van der Waals surface area contributed by atoms with Crippen LogP contribution in [-0.4, -0.2) is 119 Å². The van der Waals surface area contributed by atoms with E-state index in [9.17, 15) is 40.9 Å². The molecule has 0 aromatic heterocycles. The summed E-state index contributed by atoms with van der Waals surface area (Å²) in [5.41, 5.74) is -3.71. The minimum Gasteiger partial charge on any atom is -0.394 e. The Hall–Kier alpha value is -0.440. The Morgan fingerprint density at radius 2 is 1.47 bits per heavy atom. The predicted molar refractivity (Wildman–Crippen MR) is 173 cm³/mol. The van der Waals surface area contributed by atoms with Crippen LogP contribution in [0, 0.1) is 34.0 Å². The number of rotatable bonds is 9. The van der Waals surface area contributed by atoms with E-state index in [0.29, 0.717) is 25.7 Å². The van der Waals surface area contributed by atoms with Crippen LogP contribution >= 0.6 is 0 Å². The van der Waals surface area contributed by atoms with E-state index in [0.717, 1.165) is 19.3 Å². The second-order valence-electron chi connectivity index (χ2n) is 18.1. The fourth-order valence-electron chi connectivity index (χ4n) is 11.5. The summed E-state index contributed by atoms with van der Waals surface area (Å²) in [6.45, 7) is 15.5. The highest BCUT2D eigenvalue weighted by molar-refractivity contribution is 5.18. The smallest absolute Gasteiger partial charge is 0.186 e. The summed E-state index contributed by atoms with van der Waals surface area (Å²) >= 11 is 0. The SMILES string of the molecule is CC(C)(O)C(O)CCC(C)(O)[C@H]1CC[C@](C)([C@H]2[C@@H](O)C[C@@H]3[C@@]4(C)CC[C@H](O[C@@H]5O[C@H](CO)[C@@H](O)[C@H](O)[C@H]5O)C(C)(C)[C@@H]4CC[C@]32C)O1. The van der Waals surface area contributed by atoms with Crippen molar-refractivity contribution in [2.45, 2.75) is 185 Å². The zero-order chi connectivity index (χ0) is 35.1. The van der Waals surface area contributed by atoms with Crippen LogP contribution in [0.15, 0.2) is 0 Å². The fourth-order valence-corrected chi connectivity index (χ4v) is 11.5. The average Bonchev–Trinajstić information content (AvgIpc) is 3.50. The number of aliphatic hydroxyl groups excluding tert-OH is 6. The van der Waals surface area contributed by atoms with Crippen molar-refractivity contribution in [2.75, 3.05) is 6.61 Å². The maximum Gasteiger partial charge on any atom is 0.186 e. The van der Waals surface area contributed by atoms with Crippen molar-refractivity contribution in [3.05, 3.63) is 0 Å². The van der Waals surface area contributed by atoms with E-state index in [1.54, 1.807) is 20.8 Å². The van der Waals surface area contributed by atoms with Gasteiger partial charge in [0.15, 0.2) is 6.29 Å². The van der Waals surface area contributed by atoms with E-state index in [1.165, 1.54) is 0 Å². The van der Waals surface area contributed by atoms with E-state index in [1.807, 2.05) is 0 Å². The Labute approximate surface area is 280 Å². The molecule has 0 aromatic rings. The molecular formula is C36H64O11. The van der Waals surface area contributed by atoms with Crippen LogP contribution in [0.5, 0.6) is 0 Å². The molecule has 0 bridgehead atoms. The Bertz CT molecular complexity index is 1110. The molecule has 0 spiro atoms. The second kappa shape index (κ2) is 12.7. The summed E-state index contributed by atoms with van der Waals surface area (Å²) < 4.78 is 18.9. The molecule has 274 valence electrons. The molecule has 2 unspecified atom stereocenters. The maximum atomic E-state index is 11.9. The summed E-state index contributed by atoms with van der Waals surface area (Å²) in [5.74, 6) is 0.352. The lowest BCUT2D eigenvalue weighted by atomic mass is 9.42. The maximum absolute atomic E-state index is 11.9. The number of hydrogen-bond acceptors (Lipinski definition) is 11. The summed E-state index contributed by atoms with van der Waals surface area (Å²) in [6.07, 6.45) is -2.91. The molecule has 0 amide bonds. The molecule has 3 saturated carbocycles. The molecule has 8 N–H and O–H groups in total. The topological polar surface area (TPSA) is 190 Å². The number of ether oxygens (including phenoxy) is 3. The standard InChI is InChI=1S/C36H64O11/c1-31(2)21-9-13-34(6)22(33(21,5)14-11-24(31)46-30-28(42)27(41)26(40)20(18-37)45-30)17-19(38)29(34)36(8)16-12-25(47-36)35(7,44)15-10-23(39)32(3,4)43/h19-30,37-44H,9-18H2,1-8H3/t19-,20+,21-,22+,23?,24-,25+,26+,27-,28+,29-,30-,33-,34+,35?,36+/m0/s1. The highest BCUT2D eigenvalue weighted by Crippen LogP contribution is 2.72. The minimum absolute atomic E-state index is 0.103. The molecule has 5 rings (SSSR count). The van der Waals surface area contributed by atoms with E-state index in [-0.39, 0.29) is 52.9 Å². The average molecular weight is 673 g/mol. The fraction of sp³-hybridized carbons (Fsp3) is 1.00. The number of hydrogen-bond donors (Lipinski definition) is 8. The molecule has 2 aliphatic heterocycles. The summed E-state index contributed by atoms with van der Waals surface area (Å²) in [6, 6.07) is 0. The van der Waals surface area contributed by atoms with E-state index in [2.05, 4.69) is 34.6 Å². The van der Waals surface area contributed by atoms with E-state index >= 15 is 0 Å². The first-order valence-corrected chi connectivity index (χ1v) is 18.0. The first-order valence-electron chi connectivity index (χ1n) is 18.0. The Balaban J connectivity index is 1.31. The van der Waals surface area contributed by atoms with Crippen LogP contribution in [0.4, 0.5) is 0 Å². The lowest BCUT2D eigenvalue weighted by Crippen LogP contribution is -2.63. The largest absolute Gasteiger partial charge is 0.394 e. The van der Waals surface area contributed by atoms with Crippen LogP contribution in [-0.2, 0) is 14.2 Å². The molecule has 47 heavy (non-hydrogen) atoms. The zero-order valence-corrected chi connectivity index (χ0v) is 29.8. The van der Waals surface area contributed by atoms with E-state index < -0.39 is 72.4 Å². The molecule has 2 saturated heterocycles.